The van der Waals surface area contributed by atoms with Crippen LogP contribution in [0.5, 0.6) is 11.5 Å². The molecule has 1 fully saturated rings. The second-order valence-corrected chi connectivity index (χ2v) is 9.92. The highest BCUT2D eigenvalue weighted by Crippen LogP contribution is 2.48. The number of benzene rings is 2. The van der Waals surface area contributed by atoms with Gasteiger partial charge in [0.15, 0.2) is 11.5 Å². The van der Waals surface area contributed by atoms with Crippen molar-refractivity contribution >= 4 is 29.4 Å². The summed E-state index contributed by atoms with van der Waals surface area (Å²) >= 11 is 6.54. The Morgan fingerprint density at radius 3 is 2.70 bits per heavy atom. The Morgan fingerprint density at radius 1 is 1.15 bits per heavy atom. The molecule has 12 nitrogen and oxygen atoms in total. The summed E-state index contributed by atoms with van der Waals surface area (Å²) in [5.41, 5.74) is 1.31. The number of carbonyl (C=O) groups excluding carboxylic acids is 2. The molecule has 1 amide bonds. The van der Waals surface area contributed by atoms with Gasteiger partial charge in [0.1, 0.15) is 25.5 Å². The first-order chi connectivity index (χ1) is 19.4. The highest BCUT2D eigenvalue weighted by Gasteiger charge is 2.31. The van der Waals surface area contributed by atoms with Gasteiger partial charge in [0.25, 0.3) is 5.89 Å². The topological polar surface area (TPSA) is 148 Å². The fourth-order valence-electron chi connectivity index (χ4n) is 4.76. The van der Waals surface area contributed by atoms with Crippen molar-refractivity contribution in [2.75, 3.05) is 38.2 Å². The van der Waals surface area contributed by atoms with Gasteiger partial charge in [-0.05, 0) is 43.9 Å². The molecule has 3 aromatic rings. The lowest BCUT2D eigenvalue weighted by molar-refractivity contribution is -0.305. The first-order valence-electron chi connectivity index (χ1n) is 13.0. The molecule has 1 atom stereocenters. The molecule has 1 saturated heterocycles. The Kier molecular flexibility index (Phi) is 8.56. The second kappa shape index (κ2) is 12.4. The molecule has 3 heterocycles. The molecule has 0 aliphatic carbocycles. The van der Waals surface area contributed by atoms with Crippen molar-refractivity contribution < 1.29 is 33.3 Å². The number of fused-ring (bicyclic) bond motifs is 1. The van der Waals surface area contributed by atoms with Gasteiger partial charge in [-0.1, -0.05) is 41.9 Å². The lowest BCUT2D eigenvalue weighted by Gasteiger charge is -2.23. The van der Waals surface area contributed by atoms with Gasteiger partial charge in [0, 0.05) is 19.1 Å². The lowest BCUT2D eigenvalue weighted by Crippen LogP contribution is -2.27. The van der Waals surface area contributed by atoms with Crippen molar-refractivity contribution in [1.29, 1.82) is 0 Å². The van der Waals surface area contributed by atoms with Gasteiger partial charge in [-0.2, -0.15) is 4.68 Å². The molecule has 2 aromatic carbocycles. The number of carboxylic acid groups (broad SMARTS) is 1. The maximum absolute atomic E-state index is 12.8. The van der Waals surface area contributed by atoms with Crippen molar-refractivity contribution in [2.24, 2.45) is 0 Å². The highest BCUT2D eigenvalue weighted by atomic mass is 35.5. The molecule has 1 N–H and O–H groups in total. The van der Waals surface area contributed by atoms with Gasteiger partial charge in [0.2, 0.25) is 0 Å². The molecular formula is C27H28ClN4O8-. The molecule has 0 spiro atoms. The minimum Gasteiger partial charge on any atom is -0.550 e. The van der Waals surface area contributed by atoms with E-state index in [9.17, 15) is 19.5 Å². The van der Waals surface area contributed by atoms with Crippen molar-refractivity contribution in [3.05, 3.63) is 57.5 Å². The van der Waals surface area contributed by atoms with Gasteiger partial charge in [-0.15, -0.1) is 5.10 Å². The van der Waals surface area contributed by atoms with E-state index in [2.05, 4.69) is 15.3 Å². The van der Waals surface area contributed by atoms with Crippen molar-refractivity contribution in [2.45, 2.75) is 38.3 Å². The summed E-state index contributed by atoms with van der Waals surface area (Å²) in [6.07, 6.45) is 1.27. The molecule has 2 aliphatic heterocycles. The number of hydrogen-bond donors (Lipinski definition) is 1. The average Bonchev–Trinajstić information content (AvgIpc) is 3.58. The van der Waals surface area contributed by atoms with E-state index in [0.29, 0.717) is 24.9 Å². The summed E-state index contributed by atoms with van der Waals surface area (Å²) in [6.45, 7) is 2.59. The molecular weight excluding hydrogens is 544 g/mol. The van der Waals surface area contributed by atoms with E-state index in [1.807, 2.05) is 30.3 Å². The van der Waals surface area contributed by atoms with E-state index in [1.54, 1.807) is 0 Å². The van der Waals surface area contributed by atoms with E-state index < -0.39 is 17.8 Å². The Bertz CT molecular complexity index is 1420. The fraction of sp³-hybridized carbons (Fsp3) is 0.407. The number of aromatic nitrogens is 2. The third-order valence-electron chi connectivity index (χ3n) is 6.70. The lowest BCUT2D eigenvalue weighted by atomic mass is 10.1. The molecule has 2 aliphatic rings. The Hall–Kier alpha value is -4.03. The summed E-state index contributed by atoms with van der Waals surface area (Å²) < 4.78 is 23.8. The Labute approximate surface area is 234 Å². The van der Waals surface area contributed by atoms with Crippen LogP contribution in [0.25, 0.3) is 11.5 Å². The number of anilines is 1. The molecule has 13 heteroatoms. The smallest absolute Gasteiger partial charge is 0.437 e. The number of ether oxygens (including phenoxy) is 3. The average molecular weight is 572 g/mol. The van der Waals surface area contributed by atoms with Crippen LogP contribution in [-0.4, -0.2) is 59.6 Å². The Balaban J connectivity index is 1.31. The first-order valence-corrected chi connectivity index (χ1v) is 13.4. The number of carboxylic acids is 1. The summed E-state index contributed by atoms with van der Waals surface area (Å²) in [5, 5.41) is 17.8. The third-order valence-corrected chi connectivity index (χ3v) is 7.00. The SMILES string of the molecule is O=C([O-])CCCCN1CC[C@H](n2nc(-c3cc(Cl)c(NC(=O)OCc4ccccc4)c4c3OCCO4)oc2=O)C1. The Morgan fingerprint density at radius 2 is 1.93 bits per heavy atom. The summed E-state index contributed by atoms with van der Waals surface area (Å²) in [5.74, 6) is -1.23. The number of halogens is 1. The van der Waals surface area contributed by atoms with Gasteiger partial charge >= 0.3 is 11.8 Å². The van der Waals surface area contributed by atoms with Crippen molar-refractivity contribution in [1.82, 2.24) is 14.7 Å². The number of nitrogens with zero attached hydrogens (tertiary/aromatic N) is 3. The van der Waals surface area contributed by atoms with Gasteiger partial charge in [0.05, 0.1) is 16.6 Å². The number of amides is 1. The third kappa shape index (κ3) is 6.40. The van der Waals surface area contributed by atoms with E-state index in [0.717, 1.165) is 25.1 Å². The van der Waals surface area contributed by atoms with Crippen LogP contribution in [0, 0.1) is 0 Å². The molecule has 0 unspecified atom stereocenters. The number of likely N-dealkylation sites (tertiary alicyclic amines) is 1. The first kappa shape index (κ1) is 27.5. The van der Waals surface area contributed by atoms with Gasteiger partial charge < -0.3 is 33.4 Å². The molecule has 0 radical (unpaired) electrons. The minimum absolute atomic E-state index is 0.0132. The molecule has 5 rings (SSSR count). The van der Waals surface area contributed by atoms with Gasteiger partial charge in [-0.3, -0.25) is 5.32 Å². The minimum atomic E-state index is -1.05. The van der Waals surface area contributed by atoms with E-state index >= 15 is 0 Å². The zero-order valence-electron chi connectivity index (χ0n) is 21.6. The van der Waals surface area contributed by atoms with Crippen LogP contribution in [-0.2, 0) is 16.1 Å². The highest BCUT2D eigenvalue weighted by molar-refractivity contribution is 6.34. The van der Waals surface area contributed by atoms with Gasteiger partial charge in [-0.25, -0.2) is 9.59 Å². The summed E-state index contributed by atoms with van der Waals surface area (Å²) in [7, 11) is 0. The van der Waals surface area contributed by atoms with Crippen LogP contribution in [0.2, 0.25) is 5.02 Å². The second-order valence-electron chi connectivity index (χ2n) is 9.51. The number of unbranched alkanes of at least 4 members (excludes halogenated alkanes) is 1. The quantitative estimate of drug-likeness (QED) is 0.360. The number of hydrogen-bond acceptors (Lipinski definition) is 10. The van der Waals surface area contributed by atoms with Crippen LogP contribution in [0.3, 0.4) is 0 Å². The number of carbonyl (C=O) groups is 2. The molecule has 212 valence electrons. The monoisotopic (exact) mass is 571 g/mol. The largest absolute Gasteiger partial charge is 0.550 e. The predicted octanol–water partition coefficient (Wildman–Crippen LogP) is 2.84. The molecule has 0 saturated carbocycles. The zero-order chi connectivity index (χ0) is 28.1. The normalized spacial score (nSPS) is 16.6. The van der Waals surface area contributed by atoms with Crippen LogP contribution in [0.4, 0.5) is 10.5 Å². The standard InChI is InChI=1S/C27H29ClN4O8/c28-20-14-19(25-30-32(27(36)40-25)18-9-11-31(15-18)10-5-4-8-21(33)34)23-24(38-13-12-37-23)22(20)29-26(35)39-16-17-6-2-1-3-7-17/h1-3,6-7,14,18H,4-5,8-13,15-16H2,(H,29,35)(H,33,34)/p-1/t18-/m0/s1. The summed E-state index contributed by atoms with van der Waals surface area (Å²) in [4.78, 5) is 38.0. The van der Waals surface area contributed by atoms with Crippen LogP contribution in [0.1, 0.15) is 37.3 Å². The maximum atomic E-state index is 12.8. The number of aliphatic carboxylic acids is 1. The molecule has 0 bridgehead atoms. The number of rotatable bonds is 10. The molecule has 1 aromatic heterocycles. The molecule has 40 heavy (non-hydrogen) atoms. The van der Waals surface area contributed by atoms with E-state index in [1.165, 1.54) is 10.7 Å². The van der Waals surface area contributed by atoms with Crippen LogP contribution >= 0.6 is 11.6 Å². The van der Waals surface area contributed by atoms with Crippen molar-refractivity contribution in [3.8, 4) is 23.0 Å². The zero-order valence-corrected chi connectivity index (χ0v) is 22.4. The van der Waals surface area contributed by atoms with Crippen LogP contribution in [0.15, 0.2) is 45.6 Å². The van der Waals surface area contributed by atoms with Crippen molar-refractivity contribution in [3.63, 3.8) is 0 Å². The van der Waals surface area contributed by atoms with E-state index in [-0.39, 0.29) is 60.4 Å². The predicted molar refractivity (Wildman–Crippen MR) is 141 cm³/mol. The van der Waals surface area contributed by atoms with E-state index in [4.69, 9.17) is 30.2 Å². The maximum Gasteiger partial charge on any atom is 0.437 e. The number of nitrogens with one attached hydrogen (secondary N) is 1. The fourth-order valence-corrected chi connectivity index (χ4v) is 5.00. The van der Waals surface area contributed by atoms with Crippen LogP contribution < -0.4 is 25.7 Å². The summed E-state index contributed by atoms with van der Waals surface area (Å²) in [6, 6.07) is 10.5.